The Morgan fingerprint density at radius 1 is 0.700 bits per heavy atom. The van der Waals surface area contributed by atoms with Crippen molar-refractivity contribution in [3.05, 3.63) is 71.8 Å². The number of benzene rings is 2. The molecule has 160 valence electrons. The zero-order chi connectivity index (χ0) is 21.3. The van der Waals surface area contributed by atoms with Crippen molar-refractivity contribution in [3.63, 3.8) is 0 Å². The molecule has 0 aliphatic carbocycles. The monoisotopic (exact) mass is 410 g/mol. The van der Waals surface area contributed by atoms with Crippen LogP contribution in [0.1, 0.15) is 36.1 Å². The fourth-order valence-electron chi connectivity index (χ4n) is 4.24. The Morgan fingerprint density at radius 3 is 1.40 bits per heavy atom. The summed E-state index contributed by atoms with van der Waals surface area (Å²) < 4.78 is 9.61. The number of hydrogen-bond acceptors (Lipinski definition) is 6. The normalized spacial score (nSPS) is 25.1. The van der Waals surface area contributed by atoms with Gasteiger partial charge in [-0.05, 0) is 37.1 Å². The predicted molar refractivity (Wildman–Crippen MR) is 115 cm³/mol. The molecule has 0 radical (unpaired) electrons. The second kappa shape index (κ2) is 10.9. The third kappa shape index (κ3) is 5.26. The molecule has 0 aromatic heterocycles. The van der Waals surface area contributed by atoms with Crippen LogP contribution in [0.2, 0.25) is 0 Å². The maximum Gasteiger partial charge on any atom is 0.310 e. The van der Waals surface area contributed by atoms with Gasteiger partial charge >= 0.3 is 11.9 Å². The number of carbonyl (C=O) groups is 2. The zero-order valence-electron chi connectivity index (χ0n) is 17.5. The lowest BCUT2D eigenvalue weighted by Crippen LogP contribution is -2.24. The molecule has 2 heterocycles. The largest absolute Gasteiger partial charge is 0.469 e. The van der Waals surface area contributed by atoms with Crippen molar-refractivity contribution in [2.24, 2.45) is 11.8 Å². The van der Waals surface area contributed by atoms with Gasteiger partial charge in [-0.1, -0.05) is 60.7 Å². The molecule has 2 aromatic rings. The standard InChI is InChI=1S/2C12H15NO2/c2*1-15-12(14)10-7-8-13-11(10)9-5-3-2-4-6-9/h2*2-6,10-11,13H,7-8H2,1H3/t2*10-,11-/m10/s1. The van der Waals surface area contributed by atoms with Crippen LogP contribution in [0.25, 0.3) is 0 Å². The van der Waals surface area contributed by atoms with Gasteiger partial charge in [0.25, 0.3) is 0 Å². The van der Waals surface area contributed by atoms with Gasteiger partial charge in [0.15, 0.2) is 0 Å². The number of methoxy groups -OCH3 is 2. The molecule has 2 aliphatic rings. The Hall–Kier alpha value is -2.70. The number of nitrogens with one attached hydrogen (secondary N) is 2. The minimum Gasteiger partial charge on any atom is -0.469 e. The first-order valence-corrected chi connectivity index (χ1v) is 10.4. The summed E-state index contributed by atoms with van der Waals surface area (Å²) >= 11 is 0. The summed E-state index contributed by atoms with van der Waals surface area (Å²) in [6, 6.07) is 20.3. The number of esters is 2. The van der Waals surface area contributed by atoms with Gasteiger partial charge in [0.1, 0.15) is 0 Å². The summed E-state index contributed by atoms with van der Waals surface area (Å²) in [7, 11) is 2.89. The van der Waals surface area contributed by atoms with Gasteiger partial charge in [-0.3, -0.25) is 9.59 Å². The second-order valence-electron chi connectivity index (χ2n) is 7.52. The van der Waals surface area contributed by atoms with Crippen molar-refractivity contribution in [2.45, 2.75) is 24.9 Å². The topological polar surface area (TPSA) is 76.7 Å². The van der Waals surface area contributed by atoms with Crippen molar-refractivity contribution in [1.82, 2.24) is 10.6 Å². The quantitative estimate of drug-likeness (QED) is 0.755. The molecular formula is C24H30N2O4. The summed E-state index contributed by atoms with van der Waals surface area (Å²) in [6.45, 7) is 1.75. The fourth-order valence-corrected chi connectivity index (χ4v) is 4.24. The van der Waals surface area contributed by atoms with E-state index in [0.29, 0.717) is 0 Å². The minimum absolute atomic E-state index is 0.0441. The summed E-state index contributed by atoms with van der Waals surface area (Å²) in [5.74, 6) is -0.322. The third-order valence-corrected chi connectivity index (χ3v) is 5.77. The van der Waals surface area contributed by atoms with Crippen molar-refractivity contribution in [2.75, 3.05) is 27.3 Å². The lowest BCUT2D eigenvalue weighted by atomic mass is 9.94. The van der Waals surface area contributed by atoms with Crippen LogP contribution < -0.4 is 10.6 Å². The average Bonchev–Trinajstić information content (AvgIpc) is 3.50. The van der Waals surface area contributed by atoms with Crippen LogP contribution in [-0.4, -0.2) is 39.2 Å². The van der Waals surface area contributed by atoms with Crippen molar-refractivity contribution < 1.29 is 19.1 Å². The van der Waals surface area contributed by atoms with Crippen LogP contribution in [0.4, 0.5) is 0 Å². The third-order valence-electron chi connectivity index (χ3n) is 5.77. The predicted octanol–water partition coefficient (Wildman–Crippen LogP) is 3.02. The Labute approximate surface area is 178 Å². The average molecular weight is 411 g/mol. The Bertz CT molecular complexity index is 743. The zero-order valence-corrected chi connectivity index (χ0v) is 17.5. The van der Waals surface area contributed by atoms with E-state index in [1.165, 1.54) is 14.2 Å². The highest BCUT2D eigenvalue weighted by atomic mass is 16.5. The minimum atomic E-state index is -0.117. The molecule has 4 rings (SSSR count). The molecule has 2 aliphatic heterocycles. The fraction of sp³-hybridized carbons (Fsp3) is 0.417. The molecule has 2 N–H and O–H groups in total. The maximum atomic E-state index is 11.5. The maximum absolute atomic E-state index is 11.5. The van der Waals surface area contributed by atoms with Crippen LogP contribution >= 0.6 is 0 Å². The number of ether oxygens (including phenoxy) is 2. The highest BCUT2D eigenvalue weighted by Crippen LogP contribution is 2.31. The number of hydrogen-bond donors (Lipinski definition) is 2. The molecular weight excluding hydrogens is 380 g/mol. The van der Waals surface area contributed by atoms with Crippen LogP contribution in [0.5, 0.6) is 0 Å². The summed E-state index contributed by atoms with van der Waals surface area (Å²) in [6.07, 6.45) is 1.71. The Morgan fingerprint density at radius 2 is 1.07 bits per heavy atom. The smallest absolute Gasteiger partial charge is 0.310 e. The Kier molecular flexibility index (Phi) is 7.99. The van der Waals surface area contributed by atoms with Gasteiger partial charge in [0, 0.05) is 12.1 Å². The van der Waals surface area contributed by atoms with E-state index in [9.17, 15) is 9.59 Å². The van der Waals surface area contributed by atoms with E-state index in [1.807, 2.05) is 60.7 Å². The van der Waals surface area contributed by atoms with Gasteiger partial charge in [0.05, 0.1) is 26.1 Å². The van der Waals surface area contributed by atoms with E-state index in [0.717, 1.165) is 37.1 Å². The summed E-state index contributed by atoms with van der Waals surface area (Å²) in [5, 5.41) is 6.67. The first-order valence-electron chi connectivity index (χ1n) is 10.4. The van der Waals surface area contributed by atoms with Crippen LogP contribution in [0, 0.1) is 11.8 Å². The molecule has 2 aromatic carbocycles. The van der Waals surface area contributed by atoms with E-state index < -0.39 is 0 Å². The highest BCUT2D eigenvalue weighted by molar-refractivity contribution is 5.74. The second-order valence-corrected chi connectivity index (χ2v) is 7.52. The van der Waals surface area contributed by atoms with E-state index in [1.54, 1.807) is 0 Å². The van der Waals surface area contributed by atoms with Crippen LogP contribution in [0.3, 0.4) is 0 Å². The van der Waals surface area contributed by atoms with Gasteiger partial charge in [-0.25, -0.2) is 0 Å². The van der Waals surface area contributed by atoms with Crippen molar-refractivity contribution in [3.8, 4) is 0 Å². The molecule has 0 spiro atoms. The lowest BCUT2D eigenvalue weighted by molar-refractivity contribution is -0.146. The molecule has 0 saturated carbocycles. The van der Waals surface area contributed by atoms with Crippen LogP contribution in [-0.2, 0) is 19.1 Å². The van der Waals surface area contributed by atoms with E-state index in [-0.39, 0.29) is 35.9 Å². The molecule has 2 saturated heterocycles. The van der Waals surface area contributed by atoms with E-state index in [2.05, 4.69) is 10.6 Å². The Balaban J connectivity index is 0.000000171. The molecule has 30 heavy (non-hydrogen) atoms. The van der Waals surface area contributed by atoms with Gasteiger partial charge in [-0.2, -0.15) is 0 Å². The molecule has 4 atom stereocenters. The van der Waals surface area contributed by atoms with Crippen molar-refractivity contribution >= 4 is 11.9 Å². The lowest BCUT2D eigenvalue weighted by Gasteiger charge is -2.17. The van der Waals surface area contributed by atoms with Crippen LogP contribution in [0.15, 0.2) is 60.7 Å². The first kappa shape index (κ1) is 22.0. The molecule has 0 amide bonds. The molecule has 2 fully saturated rings. The SMILES string of the molecule is COC(=O)[C@@H]1CCN[C@@H]1c1ccccc1.COC(=O)[C@H]1CCN[C@H]1c1ccccc1. The molecule has 0 unspecified atom stereocenters. The molecule has 6 nitrogen and oxygen atoms in total. The van der Waals surface area contributed by atoms with Crippen molar-refractivity contribution in [1.29, 1.82) is 0 Å². The van der Waals surface area contributed by atoms with Gasteiger partial charge < -0.3 is 20.1 Å². The summed E-state index contributed by atoms with van der Waals surface area (Å²) in [4.78, 5) is 23.1. The summed E-state index contributed by atoms with van der Waals surface area (Å²) in [5.41, 5.74) is 2.32. The first-order chi connectivity index (χ1) is 14.7. The van der Waals surface area contributed by atoms with E-state index in [4.69, 9.17) is 9.47 Å². The highest BCUT2D eigenvalue weighted by Gasteiger charge is 2.35. The number of carbonyl (C=O) groups excluding carboxylic acids is 2. The van der Waals surface area contributed by atoms with Gasteiger partial charge in [0.2, 0.25) is 0 Å². The molecule has 0 bridgehead atoms. The van der Waals surface area contributed by atoms with Gasteiger partial charge in [-0.15, -0.1) is 0 Å². The molecule has 6 heteroatoms. The number of rotatable bonds is 4. The van der Waals surface area contributed by atoms with E-state index >= 15 is 0 Å².